The van der Waals surface area contributed by atoms with Gasteiger partial charge in [-0.1, -0.05) is 0 Å². The van der Waals surface area contributed by atoms with Gasteiger partial charge in [-0.15, -0.1) is 0 Å². The summed E-state index contributed by atoms with van der Waals surface area (Å²) in [5.74, 6) is 0.0921. The maximum absolute atomic E-state index is 12.0. The van der Waals surface area contributed by atoms with E-state index in [2.05, 4.69) is 9.97 Å². The summed E-state index contributed by atoms with van der Waals surface area (Å²) in [5, 5.41) is 0. The number of nitrogens with two attached hydrogens (primary N) is 1. The highest BCUT2D eigenvalue weighted by Crippen LogP contribution is 2.16. The summed E-state index contributed by atoms with van der Waals surface area (Å²) in [6, 6.07) is 0. The lowest BCUT2D eigenvalue weighted by molar-refractivity contribution is -0.142. The maximum Gasteiger partial charge on any atom is 0.310 e. The third-order valence-electron chi connectivity index (χ3n) is 3.42. The van der Waals surface area contributed by atoms with Gasteiger partial charge in [-0.25, -0.2) is 4.98 Å². The van der Waals surface area contributed by atoms with Crippen LogP contribution < -0.4 is 11.3 Å². The molecule has 0 aromatic carbocycles. The number of nitrogens with zero attached hydrogens (tertiary/aromatic N) is 1. The van der Waals surface area contributed by atoms with Crippen molar-refractivity contribution in [3.8, 4) is 0 Å². The van der Waals surface area contributed by atoms with Crippen LogP contribution in [0.5, 0.6) is 0 Å². The molecule has 0 amide bonds. The van der Waals surface area contributed by atoms with Crippen LogP contribution in [0.2, 0.25) is 0 Å². The van der Waals surface area contributed by atoms with Crippen LogP contribution in [-0.2, 0) is 27.1 Å². The number of H-pyrrole nitrogens is 1. The van der Waals surface area contributed by atoms with Gasteiger partial charge in [-0.05, 0) is 26.2 Å². The molecule has 0 radical (unpaired) electrons. The molecule has 7 heteroatoms. The SMILES string of the molecule is CCOC(=O)Cc1c(N)nc(CC2CCCCO2)[nH]c1=O. The molecule has 0 saturated carbocycles. The highest BCUT2D eigenvalue weighted by molar-refractivity contribution is 5.74. The van der Waals surface area contributed by atoms with E-state index >= 15 is 0 Å². The van der Waals surface area contributed by atoms with E-state index in [4.69, 9.17) is 15.2 Å². The van der Waals surface area contributed by atoms with Gasteiger partial charge in [0, 0.05) is 13.0 Å². The van der Waals surface area contributed by atoms with Crippen molar-refractivity contribution in [2.45, 2.75) is 45.1 Å². The molecule has 0 bridgehead atoms. The first-order chi connectivity index (χ1) is 10.1. The predicted octanol–water partition coefficient (Wildman–Crippen LogP) is 0.569. The van der Waals surface area contributed by atoms with Crippen LogP contribution in [0.25, 0.3) is 0 Å². The van der Waals surface area contributed by atoms with E-state index in [0.717, 1.165) is 25.9 Å². The number of ether oxygens (including phenoxy) is 2. The number of rotatable bonds is 5. The number of hydrogen-bond acceptors (Lipinski definition) is 6. The molecule has 1 aromatic heterocycles. The van der Waals surface area contributed by atoms with Crippen molar-refractivity contribution < 1.29 is 14.3 Å². The van der Waals surface area contributed by atoms with E-state index < -0.39 is 5.97 Å². The van der Waals surface area contributed by atoms with Crippen LogP contribution in [0, 0.1) is 0 Å². The lowest BCUT2D eigenvalue weighted by atomic mass is 10.1. The molecule has 1 saturated heterocycles. The Balaban J connectivity index is 2.09. The Morgan fingerprint density at radius 2 is 2.33 bits per heavy atom. The number of nitrogens with one attached hydrogen (secondary N) is 1. The molecule has 1 atom stereocenters. The fourth-order valence-electron chi connectivity index (χ4n) is 2.37. The Labute approximate surface area is 122 Å². The molecular weight excluding hydrogens is 274 g/mol. The molecule has 1 aromatic rings. The predicted molar refractivity (Wildman–Crippen MR) is 76.9 cm³/mol. The average Bonchev–Trinajstić information content (AvgIpc) is 2.44. The fraction of sp³-hybridized carbons (Fsp3) is 0.643. The second-order valence-electron chi connectivity index (χ2n) is 5.05. The minimum Gasteiger partial charge on any atom is -0.466 e. The van der Waals surface area contributed by atoms with E-state index in [0.29, 0.717) is 12.2 Å². The number of esters is 1. The minimum atomic E-state index is -0.486. The minimum absolute atomic E-state index is 0.0669. The molecule has 2 rings (SSSR count). The lowest BCUT2D eigenvalue weighted by Gasteiger charge is -2.22. The van der Waals surface area contributed by atoms with Gasteiger partial charge < -0.3 is 20.2 Å². The summed E-state index contributed by atoms with van der Waals surface area (Å²) in [7, 11) is 0. The van der Waals surface area contributed by atoms with E-state index in [9.17, 15) is 9.59 Å². The van der Waals surface area contributed by atoms with Gasteiger partial charge in [0.1, 0.15) is 11.6 Å². The molecule has 116 valence electrons. The van der Waals surface area contributed by atoms with Gasteiger partial charge >= 0.3 is 5.97 Å². The Morgan fingerprint density at radius 3 is 2.95 bits per heavy atom. The van der Waals surface area contributed by atoms with E-state index in [1.165, 1.54) is 0 Å². The maximum atomic E-state index is 12.0. The normalized spacial score (nSPS) is 18.4. The number of carbonyl (C=O) groups excluding carboxylic acids is 1. The molecule has 7 nitrogen and oxygen atoms in total. The molecule has 2 heterocycles. The Kier molecular flexibility index (Phi) is 5.32. The van der Waals surface area contributed by atoms with Crippen LogP contribution in [-0.4, -0.2) is 35.3 Å². The van der Waals surface area contributed by atoms with Gasteiger partial charge in [0.2, 0.25) is 0 Å². The van der Waals surface area contributed by atoms with Gasteiger partial charge in [0.05, 0.1) is 24.7 Å². The molecule has 3 N–H and O–H groups in total. The van der Waals surface area contributed by atoms with Gasteiger partial charge in [-0.2, -0.15) is 0 Å². The zero-order valence-corrected chi connectivity index (χ0v) is 12.2. The molecule has 1 unspecified atom stereocenters. The van der Waals surface area contributed by atoms with Crippen LogP contribution >= 0.6 is 0 Å². The summed E-state index contributed by atoms with van der Waals surface area (Å²) in [6.45, 7) is 2.71. The van der Waals surface area contributed by atoms with Gasteiger partial charge in [0.25, 0.3) is 5.56 Å². The summed E-state index contributed by atoms with van der Waals surface area (Å²) >= 11 is 0. The zero-order valence-electron chi connectivity index (χ0n) is 12.2. The summed E-state index contributed by atoms with van der Waals surface area (Å²) in [6.07, 6.45) is 3.57. The standard InChI is InChI=1S/C14H21N3O4/c1-2-20-12(18)8-10-13(15)16-11(17-14(10)19)7-9-5-3-4-6-21-9/h9H,2-8H2,1H3,(H3,15,16,17,19). The van der Waals surface area contributed by atoms with E-state index in [1.807, 2.05) is 0 Å². The first-order valence-electron chi connectivity index (χ1n) is 7.25. The van der Waals surface area contributed by atoms with Crippen molar-refractivity contribution in [1.82, 2.24) is 9.97 Å². The number of aromatic nitrogens is 2. The van der Waals surface area contributed by atoms with Crippen molar-refractivity contribution in [3.63, 3.8) is 0 Å². The second kappa shape index (κ2) is 7.21. The number of carbonyl (C=O) groups is 1. The van der Waals surface area contributed by atoms with Crippen LogP contribution in [0.15, 0.2) is 4.79 Å². The highest BCUT2D eigenvalue weighted by Gasteiger charge is 2.18. The van der Waals surface area contributed by atoms with Gasteiger partial charge in [0.15, 0.2) is 0 Å². The Bertz CT molecular complexity index is 550. The summed E-state index contributed by atoms with van der Waals surface area (Å²) in [5.41, 5.74) is 5.56. The third kappa shape index (κ3) is 4.29. The summed E-state index contributed by atoms with van der Waals surface area (Å²) < 4.78 is 10.4. The molecule has 1 aliphatic heterocycles. The van der Waals surface area contributed by atoms with Crippen molar-refractivity contribution in [2.75, 3.05) is 18.9 Å². The molecular formula is C14H21N3O4. The molecule has 1 fully saturated rings. The first kappa shape index (κ1) is 15.5. The van der Waals surface area contributed by atoms with Crippen LogP contribution in [0.4, 0.5) is 5.82 Å². The van der Waals surface area contributed by atoms with Crippen molar-refractivity contribution >= 4 is 11.8 Å². The zero-order chi connectivity index (χ0) is 15.2. The third-order valence-corrected chi connectivity index (χ3v) is 3.42. The molecule has 21 heavy (non-hydrogen) atoms. The van der Waals surface area contributed by atoms with Crippen molar-refractivity contribution in [2.24, 2.45) is 0 Å². The summed E-state index contributed by atoms with van der Waals surface area (Å²) in [4.78, 5) is 30.3. The molecule has 0 aliphatic carbocycles. The van der Waals surface area contributed by atoms with Crippen LogP contribution in [0.3, 0.4) is 0 Å². The number of anilines is 1. The van der Waals surface area contributed by atoms with Gasteiger partial charge in [-0.3, -0.25) is 9.59 Å². The number of hydrogen-bond donors (Lipinski definition) is 2. The quantitative estimate of drug-likeness (QED) is 0.769. The lowest BCUT2D eigenvalue weighted by Crippen LogP contribution is -2.27. The van der Waals surface area contributed by atoms with E-state index in [-0.39, 0.29) is 36.1 Å². The fourth-order valence-corrected chi connectivity index (χ4v) is 2.37. The Morgan fingerprint density at radius 1 is 1.52 bits per heavy atom. The smallest absolute Gasteiger partial charge is 0.310 e. The topological polar surface area (TPSA) is 107 Å². The van der Waals surface area contributed by atoms with Crippen molar-refractivity contribution in [3.05, 3.63) is 21.7 Å². The number of nitrogen functional groups attached to an aromatic ring is 1. The Hall–Kier alpha value is -1.89. The molecule has 1 aliphatic rings. The van der Waals surface area contributed by atoms with Crippen LogP contribution in [0.1, 0.15) is 37.6 Å². The monoisotopic (exact) mass is 295 g/mol. The second-order valence-corrected chi connectivity index (χ2v) is 5.05. The average molecular weight is 295 g/mol. The number of aromatic amines is 1. The first-order valence-corrected chi connectivity index (χ1v) is 7.25. The van der Waals surface area contributed by atoms with Crippen molar-refractivity contribution in [1.29, 1.82) is 0 Å². The largest absolute Gasteiger partial charge is 0.466 e. The van der Waals surface area contributed by atoms with E-state index in [1.54, 1.807) is 6.92 Å². The highest BCUT2D eigenvalue weighted by atomic mass is 16.5. The molecule has 0 spiro atoms.